The number of nitrogens with zero attached hydrogens (tertiary/aromatic N) is 4. The van der Waals surface area contributed by atoms with Gasteiger partial charge in [-0.2, -0.15) is 4.98 Å². The molecule has 26 heavy (non-hydrogen) atoms. The molecule has 2 aromatic heterocycles. The first-order chi connectivity index (χ1) is 12.2. The summed E-state index contributed by atoms with van der Waals surface area (Å²) in [5.41, 5.74) is 0. The van der Waals surface area contributed by atoms with Gasteiger partial charge in [-0.05, 0) is 40.9 Å². The number of rotatable bonds is 5. The van der Waals surface area contributed by atoms with E-state index >= 15 is 0 Å². The highest BCUT2D eigenvalue weighted by Gasteiger charge is 2.29. The van der Waals surface area contributed by atoms with Crippen molar-refractivity contribution in [3.63, 3.8) is 0 Å². The molecule has 9 nitrogen and oxygen atoms in total. The van der Waals surface area contributed by atoms with E-state index in [1.165, 1.54) is 15.5 Å². The molecular formula is C15H19BrN4O5S. The van der Waals surface area contributed by atoms with Crippen molar-refractivity contribution in [2.24, 2.45) is 0 Å². The van der Waals surface area contributed by atoms with Crippen LogP contribution in [-0.2, 0) is 16.6 Å². The number of halogens is 1. The van der Waals surface area contributed by atoms with Gasteiger partial charge in [-0.1, -0.05) is 5.16 Å². The van der Waals surface area contributed by atoms with Crippen molar-refractivity contribution in [2.75, 3.05) is 26.4 Å². The molecule has 3 heterocycles. The minimum Gasteiger partial charge on any atom is -0.444 e. The fourth-order valence-corrected chi connectivity index (χ4v) is 4.02. The van der Waals surface area contributed by atoms with Crippen molar-refractivity contribution >= 4 is 31.9 Å². The summed E-state index contributed by atoms with van der Waals surface area (Å²) in [5, 5.41) is 3.99. The van der Waals surface area contributed by atoms with E-state index in [0.29, 0.717) is 42.3 Å². The van der Waals surface area contributed by atoms with Crippen LogP contribution in [0.3, 0.4) is 0 Å². The topological polar surface area (TPSA) is 110 Å². The Morgan fingerprint density at radius 2 is 2.08 bits per heavy atom. The molecule has 1 amide bonds. The Morgan fingerprint density at radius 3 is 2.65 bits per heavy atom. The zero-order valence-electron chi connectivity index (χ0n) is 14.4. The number of sulfonamides is 1. The zero-order chi connectivity index (χ0) is 18.9. The second-order valence-corrected chi connectivity index (χ2v) is 9.01. The Kier molecular flexibility index (Phi) is 5.49. The first-order valence-corrected chi connectivity index (χ1v) is 10.7. The molecule has 0 aliphatic carbocycles. The molecular weight excluding hydrogens is 428 g/mol. The van der Waals surface area contributed by atoms with Crippen molar-refractivity contribution < 1.29 is 22.2 Å². The Balaban J connectivity index is 1.59. The van der Waals surface area contributed by atoms with Crippen molar-refractivity contribution in [2.45, 2.75) is 25.3 Å². The lowest BCUT2D eigenvalue weighted by Crippen LogP contribution is -2.37. The molecule has 1 aliphatic rings. The molecule has 11 heteroatoms. The van der Waals surface area contributed by atoms with Crippen LogP contribution < -0.4 is 0 Å². The lowest BCUT2D eigenvalue weighted by atomic mass is 9.98. The molecule has 0 saturated carbocycles. The van der Waals surface area contributed by atoms with Gasteiger partial charge in [0.15, 0.2) is 16.3 Å². The second-order valence-electron chi connectivity index (χ2n) is 6.25. The molecule has 142 valence electrons. The molecule has 1 saturated heterocycles. The smallest absolute Gasteiger partial charge is 0.289 e. The number of aromatic nitrogens is 2. The quantitative estimate of drug-likeness (QED) is 0.688. The maximum Gasteiger partial charge on any atom is 0.289 e. The van der Waals surface area contributed by atoms with E-state index in [2.05, 4.69) is 26.1 Å². The minimum absolute atomic E-state index is 0.0486. The van der Waals surface area contributed by atoms with E-state index in [-0.39, 0.29) is 24.1 Å². The lowest BCUT2D eigenvalue weighted by molar-refractivity contribution is 0.0736. The van der Waals surface area contributed by atoms with Crippen LogP contribution in [0.15, 0.2) is 25.7 Å². The molecule has 0 bridgehead atoms. The third kappa shape index (κ3) is 4.33. The summed E-state index contributed by atoms with van der Waals surface area (Å²) in [6, 6.07) is 3.23. The van der Waals surface area contributed by atoms with E-state index in [1.54, 1.807) is 19.2 Å². The third-order valence-corrected chi connectivity index (χ3v) is 6.00. The van der Waals surface area contributed by atoms with Crippen molar-refractivity contribution in [1.82, 2.24) is 19.3 Å². The van der Waals surface area contributed by atoms with Crippen LogP contribution in [0.4, 0.5) is 0 Å². The third-order valence-electron chi connectivity index (χ3n) is 4.28. The van der Waals surface area contributed by atoms with Crippen LogP contribution >= 0.6 is 15.9 Å². The number of furan rings is 1. The zero-order valence-corrected chi connectivity index (χ0v) is 16.8. The van der Waals surface area contributed by atoms with Crippen LogP contribution in [0, 0.1) is 0 Å². The molecule has 0 N–H and O–H groups in total. The van der Waals surface area contributed by atoms with Crippen molar-refractivity contribution in [3.05, 3.63) is 34.3 Å². The summed E-state index contributed by atoms with van der Waals surface area (Å²) in [4.78, 5) is 18.0. The van der Waals surface area contributed by atoms with Gasteiger partial charge >= 0.3 is 0 Å². The van der Waals surface area contributed by atoms with E-state index in [4.69, 9.17) is 8.94 Å². The van der Waals surface area contributed by atoms with Crippen LogP contribution in [-0.4, -0.2) is 60.1 Å². The SMILES string of the molecule is CN(Cc1nc(C2CCN(S(C)(=O)=O)CC2)no1)C(=O)c1ccc(Br)o1. The Hall–Kier alpha value is -1.72. The highest BCUT2D eigenvalue weighted by atomic mass is 79.9. The van der Waals surface area contributed by atoms with Gasteiger partial charge in [-0.3, -0.25) is 4.79 Å². The van der Waals surface area contributed by atoms with Crippen molar-refractivity contribution in [1.29, 1.82) is 0 Å². The van der Waals surface area contributed by atoms with E-state index < -0.39 is 10.0 Å². The Labute approximate surface area is 159 Å². The average Bonchev–Trinajstić information content (AvgIpc) is 3.22. The molecule has 1 fully saturated rings. The van der Waals surface area contributed by atoms with E-state index in [9.17, 15) is 13.2 Å². The average molecular weight is 447 g/mol. The molecule has 0 spiro atoms. The predicted octanol–water partition coefficient (Wildman–Crippen LogP) is 1.84. The number of carbonyl (C=O) groups is 1. The van der Waals surface area contributed by atoms with Crippen LogP contribution in [0.1, 0.15) is 41.0 Å². The summed E-state index contributed by atoms with van der Waals surface area (Å²) in [5.74, 6) is 0.846. The first-order valence-electron chi connectivity index (χ1n) is 8.02. The number of hydrogen-bond acceptors (Lipinski definition) is 7. The van der Waals surface area contributed by atoms with E-state index in [1.807, 2.05) is 0 Å². The highest BCUT2D eigenvalue weighted by molar-refractivity contribution is 9.10. The van der Waals surface area contributed by atoms with Gasteiger partial charge in [0.05, 0.1) is 6.26 Å². The summed E-state index contributed by atoms with van der Waals surface area (Å²) in [7, 11) is -1.55. The first kappa shape index (κ1) is 19.1. The van der Waals surface area contributed by atoms with Crippen LogP contribution in [0.25, 0.3) is 0 Å². The fourth-order valence-electron chi connectivity index (χ4n) is 2.84. The van der Waals surface area contributed by atoms with Gasteiger partial charge in [0.1, 0.15) is 6.54 Å². The largest absolute Gasteiger partial charge is 0.444 e. The van der Waals surface area contributed by atoms with Crippen LogP contribution in [0.2, 0.25) is 0 Å². The standard InChI is InChI=1S/C15H19BrN4O5S/c1-19(15(21)11-3-4-12(16)24-11)9-13-17-14(18-25-13)10-5-7-20(8-6-10)26(2,22)23/h3-4,10H,5-9H2,1-2H3. The lowest BCUT2D eigenvalue weighted by Gasteiger charge is -2.28. The molecule has 0 atom stereocenters. The number of hydrogen-bond donors (Lipinski definition) is 0. The van der Waals surface area contributed by atoms with Gasteiger partial charge in [0, 0.05) is 26.1 Å². The monoisotopic (exact) mass is 446 g/mol. The Bertz CT molecular complexity index is 885. The fraction of sp³-hybridized carbons (Fsp3) is 0.533. The molecule has 0 unspecified atom stereocenters. The molecule has 0 radical (unpaired) electrons. The van der Waals surface area contributed by atoms with Crippen molar-refractivity contribution in [3.8, 4) is 0 Å². The minimum atomic E-state index is -3.16. The summed E-state index contributed by atoms with van der Waals surface area (Å²) in [6.45, 7) is 1.05. The van der Waals surface area contributed by atoms with Gasteiger partial charge in [0.25, 0.3) is 5.91 Å². The number of carbonyl (C=O) groups excluding carboxylic acids is 1. The normalized spacial score (nSPS) is 16.7. The Morgan fingerprint density at radius 1 is 1.38 bits per heavy atom. The predicted molar refractivity (Wildman–Crippen MR) is 94.9 cm³/mol. The number of piperidine rings is 1. The summed E-state index contributed by atoms with van der Waals surface area (Å²) >= 11 is 3.16. The molecule has 0 aromatic carbocycles. The second kappa shape index (κ2) is 7.49. The summed E-state index contributed by atoms with van der Waals surface area (Å²) in [6.07, 6.45) is 2.49. The van der Waals surface area contributed by atoms with E-state index in [0.717, 1.165) is 0 Å². The maximum atomic E-state index is 12.3. The van der Waals surface area contributed by atoms with Gasteiger partial charge < -0.3 is 13.8 Å². The molecule has 1 aliphatic heterocycles. The van der Waals surface area contributed by atoms with Gasteiger partial charge in [0.2, 0.25) is 15.9 Å². The summed E-state index contributed by atoms with van der Waals surface area (Å²) < 4.78 is 35.6. The number of amides is 1. The van der Waals surface area contributed by atoms with Gasteiger partial charge in [-0.25, -0.2) is 12.7 Å². The molecule has 2 aromatic rings. The van der Waals surface area contributed by atoms with Crippen LogP contribution in [0.5, 0.6) is 0 Å². The molecule has 3 rings (SSSR count). The highest BCUT2D eigenvalue weighted by Crippen LogP contribution is 2.27. The maximum absolute atomic E-state index is 12.3. The van der Waals surface area contributed by atoms with Gasteiger partial charge in [-0.15, -0.1) is 0 Å².